The van der Waals surface area contributed by atoms with Crippen molar-refractivity contribution in [3.8, 4) is 5.75 Å². The molecule has 0 spiro atoms. The molecule has 1 atom stereocenters. The maximum Gasteiger partial charge on any atom is 0.241 e. The van der Waals surface area contributed by atoms with Crippen molar-refractivity contribution in [3.05, 3.63) is 29.3 Å². The minimum Gasteiger partial charge on any atom is -0.490 e. The third-order valence-corrected chi connectivity index (χ3v) is 4.87. The number of hydrogen-bond acceptors (Lipinski definition) is 4. The standard InChI is InChI=1S/C20H31N3O3/c1-13(2)19(21)20(25)22-12-18(24)23-9-7-16(8-10-23)26-17-11-14(3)5-6-15(17)4/h5-6,11,13,16,19H,7-10,12,21H2,1-4H3,(H,22,25)/t19-/m0/s1. The van der Waals surface area contributed by atoms with Gasteiger partial charge in [0.1, 0.15) is 11.9 Å². The number of hydrogen-bond donors (Lipinski definition) is 2. The van der Waals surface area contributed by atoms with Gasteiger partial charge in [-0.3, -0.25) is 9.59 Å². The highest BCUT2D eigenvalue weighted by Crippen LogP contribution is 2.24. The highest BCUT2D eigenvalue weighted by Gasteiger charge is 2.25. The first-order chi connectivity index (χ1) is 12.3. The summed E-state index contributed by atoms with van der Waals surface area (Å²) >= 11 is 0. The number of nitrogens with zero attached hydrogens (tertiary/aromatic N) is 1. The van der Waals surface area contributed by atoms with Gasteiger partial charge in [0.15, 0.2) is 0 Å². The summed E-state index contributed by atoms with van der Waals surface area (Å²) in [7, 11) is 0. The number of carbonyl (C=O) groups is 2. The van der Waals surface area contributed by atoms with E-state index in [9.17, 15) is 9.59 Å². The third kappa shape index (κ3) is 5.46. The van der Waals surface area contributed by atoms with E-state index in [1.807, 2.05) is 27.7 Å². The molecule has 1 aromatic rings. The van der Waals surface area contributed by atoms with Gasteiger partial charge in [0, 0.05) is 25.9 Å². The predicted molar refractivity (Wildman–Crippen MR) is 102 cm³/mol. The van der Waals surface area contributed by atoms with Gasteiger partial charge in [0.2, 0.25) is 11.8 Å². The first-order valence-electron chi connectivity index (χ1n) is 9.33. The monoisotopic (exact) mass is 361 g/mol. The van der Waals surface area contributed by atoms with Crippen molar-refractivity contribution in [1.82, 2.24) is 10.2 Å². The van der Waals surface area contributed by atoms with Gasteiger partial charge in [-0.1, -0.05) is 26.0 Å². The summed E-state index contributed by atoms with van der Waals surface area (Å²) in [6.07, 6.45) is 1.69. The third-order valence-electron chi connectivity index (χ3n) is 4.87. The van der Waals surface area contributed by atoms with Crippen LogP contribution in [-0.4, -0.2) is 48.5 Å². The summed E-state index contributed by atoms with van der Waals surface area (Å²) in [5.41, 5.74) is 8.08. The quantitative estimate of drug-likeness (QED) is 0.809. The van der Waals surface area contributed by atoms with Crippen LogP contribution in [0.2, 0.25) is 0 Å². The number of benzene rings is 1. The van der Waals surface area contributed by atoms with Crippen LogP contribution in [0.3, 0.4) is 0 Å². The van der Waals surface area contributed by atoms with Gasteiger partial charge in [0.25, 0.3) is 0 Å². The molecule has 1 fully saturated rings. The molecule has 1 heterocycles. The molecule has 3 N–H and O–H groups in total. The average Bonchev–Trinajstić information content (AvgIpc) is 2.62. The van der Waals surface area contributed by atoms with Gasteiger partial charge < -0.3 is 20.7 Å². The maximum atomic E-state index is 12.3. The van der Waals surface area contributed by atoms with Crippen LogP contribution in [0.1, 0.15) is 37.8 Å². The van der Waals surface area contributed by atoms with Crippen molar-refractivity contribution in [1.29, 1.82) is 0 Å². The second-order valence-electron chi connectivity index (χ2n) is 7.45. The summed E-state index contributed by atoms with van der Waals surface area (Å²) in [5, 5.41) is 2.64. The highest BCUT2D eigenvalue weighted by atomic mass is 16.5. The van der Waals surface area contributed by atoms with Crippen molar-refractivity contribution in [3.63, 3.8) is 0 Å². The average molecular weight is 361 g/mol. The number of nitrogens with one attached hydrogen (secondary N) is 1. The van der Waals surface area contributed by atoms with Crippen LogP contribution >= 0.6 is 0 Å². The van der Waals surface area contributed by atoms with E-state index < -0.39 is 6.04 Å². The van der Waals surface area contributed by atoms with E-state index in [2.05, 4.69) is 23.5 Å². The second kappa shape index (κ2) is 9.03. The van der Waals surface area contributed by atoms with Crippen molar-refractivity contribution < 1.29 is 14.3 Å². The molecule has 0 radical (unpaired) electrons. The van der Waals surface area contributed by atoms with Crippen molar-refractivity contribution in [2.75, 3.05) is 19.6 Å². The summed E-state index contributed by atoms with van der Waals surface area (Å²) in [6.45, 7) is 9.13. The predicted octanol–water partition coefficient (Wildman–Crippen LogP) is 1.77. The molecule has 1 aromatic carbocycles. The lowest BCUT2D eigenvalue weighted by Crippen LogP contribution is -2.49. The molecular weight excluding hydrogens is 330 g/mol. The summed E-state index contributed by atoms with van der Waals surface area (Å²) in [6, 6.07) is 5.61. The highest BCUT2D eigenvalue weighted by molar-refractivity contribution is 5.87. The normalized spacial score (nSPS) is 16.5. The Hall–Kier alpha value is -2.08. The molecular formula is C20H31N3O3. The van der Waals surface area contributed by atoms with Crippen LogP contribution in [0.4, 0.5) is 0 Å². The molecule has 2 amide bonds. The molecule has 144 valence electrons. The largest absolute Gasteiger partial charge is 0.490 e. The molecule has 0 aromatic heterocycles. The Morgan fingerprint density at radius 2 is 1.92 bits per heavy atom. The first kappa shape index (κ1) is 20.2. The van der Waals surface area contributed by atoms with E-state index >= 15 is 0 Å². The maximum absolute atomic E-state index is 12.3. The van der Waals surface area contributed by atoms with Gasteiger partial charge in [-0.25, -0.2) is 0 Å². The fraction of sp³-hybridized carbons (Fsp3) is 0.600. The van der Waals surface area contributed by atoms with Gasteiger partial charge in [-0.05, 0) is 37.0 Å². The van der Waals surface area contributed by atoms with Crippen LogP contribution in [0.25, 0.3) is 0 Å². The van der Waals surface area contributed by atoms with E-state index in [1.165, 1.54) is 5.56 Å². The van der Waals surface area contributed by atoms with Gasteiger partial charge in [0.05, 0.1) is 12.6 Å². The zero-order valence-corrected chi connectivity index (χ0v) is 16.2. The molecule has 26 heavy (non-hydrogen) atoms. The van der Waals surface area contributed by atoms with Crippen LogP contribution in [0.5, 0.6) is 5.75 Å². The van der Waals surface area contributed by atoms with Gasteiger partial charge in [-0.15, -0.1) is 0 Å². The Morgan fingerprint density at radius 1 is 1.27 bits per heavy atom. The zero-order valence-electron chi connectivity index (χ0n) is 16.2. The van der Waals surface area contributed by atoms with E-state index in [1.54, 1.807) is 4.90 Å². The van der Waals surface area contributed by atoms with Gasteiger partial charge >= 0.3 is 0 Å². The number of amides is 2. The number of piperidine rings is 1. The molecule has 6 nitrogen and oxygen atoms in total. The van der Waals surface area contributed by atoms with E-state index in [4.69, 9.17) is 10.5 Å². The number of rotatable bonds is 6. The molecule has 0 saturated carbocycles. The Bertz CT molecular complexity index is 637. The molecule has 1 saturated heterocycles. The zero-order chi connectivity index (χ0) is 19.3. The summed E-state index contributed by atoms with van der Waals surface area (Å²) in [4.78, 5) is 25.9. The lowest BCUT2D eigenvalue weighted by molar-refractivity contribution is -0.134. The lowest BCUT2D eigenvalue weighted by atomic mass is 10.0. The van der Waals surface area contributed by atoms with E-state index in [0.717, 1.165) is 24.2 Å². The number of ether oxygens (including phenoxy) is 1. The van der Waals surface area contributed by atoms with Crippen LogP contribution in [0, 0.1) is 19.8 Å². The van der Waals surface area contributed by atoms with Crippen LogP contribution in [0.15, 0.2) is 18.2 Å². The lowest BCUT2D eigenvalue weighted by Gasteiger charge is -2.32. The van der Waals surface area contributed by atoms with Crippen molar-refractivity contribution in [2.24, 2.45) is 11.7 Å². The van der Waals surface area contributed by atoms with Gasteiger partial charge in [-0.2, -0.15) is 0 Å². The smallest absolute Gasteiger partial charge is 0.241 e. The van der Waals surface area contributed by atoms with E-state index in [0.29, 0.717) is 13.1 Å². The fourth-order valence-corrected chi connectivity index (χ4v) is 2.93. The number of carbonyl (C=O) groups excluding carboxylic acids is 2. The molecule has 0 bridgehead atoms. The van der Waals surface area contributed by atoms with Crippen molar-refractivity contribution >= 4 is 11.8 Å². The SMILES string of the molecule is Cc1ccc(C)c(OC2CCN(C(=O)CNC(=O)[C@@H](N)C(C)C)CC2)c1. The Labute approximate surface area is 156 Å². The second-order valence-corrected chi connectivity index (χ2v) is 7.45. The van der Waals surface area contributed by atoms with Crippen LogP contribution < -0.4 is 15.8 Å². The Kier molecular flexibility index (Phi) is 7.03. The summed E-state index contributed by atoms with van der Waals surface area (Å²) < 4.78 is 6.13. The fourth-order valence-electron chi connectivity index (χ4n) is 2.93. The Morgan fingerprint density at radius 3 is 2.54 bits per heavy atom. The number of nitrogens with two attached hydrogens (primary N) is 1. The minimum atomic E-state index is -0.584. The Balaban J connectivity index is 1.78. The molecule has 2 rings (SSSR count). The molecule has 0 unspecified atom stereocenters. The number of aryl methyl sites for hydroxylation is 2. The van der Waals surface area contributed by atoms with E-state index in [-0.39, 0.29) is 30.4 Å². The van der Waals surface area contributed by atoms with Crippen LogP contribution in [-0.2, 0) is 9.59 Å². The summed E-state index contributed by atoms with van der Waals surface area (Å²) in [5.74, 6) is 0.619. The molecule has 0 aliphatic carbocycles. The minimum absolute atomic E-state index is 0.00175. The first-order valence-corrected chi connectivity index (χ1v) is 9.33. The molecule has 6 heteroatoms. The molecule has 1 aliphatic heterocycles. The van der Waals surface area contributed by atoms with Crippen molar-refractivity contribution in [2.45, 2.75) is 52.7 Å². The number of likely N-dealkylation sites (tertiary alicyclic amines) is 1. The molecule has 1 aliphatic rings. The topological polar surface area (TPSA) is 84.7 Å².